The Bertz CT molecular complexity index is 1270. The van der Waals surface area contributed by atoms with Crippen molar-refractivity contribution in [2.45, 2.75) is 16.3 Å². The molecule has 166 valence electrons. The Morgan fingerprint density at radius 2 is 1.67 bits per heavy atom. The molecule has 0 fully saturated rings. The van der Waals surface area contributed by atoms with Gasteiger partial charge in [0.05, 0.1) is 12.8 Å². The molecule has 0 aliphatic heterocycles. The number of aromatic nitrogens is 2. The van der Waals surface area contributed by atoms with Crippen LogP contribution in [-0.4, -0.2) is 29.3 Å². The number of carbonyl (C=O) groups excluding carboxylic acids is 1. The highest BCUT2D eigenvalue weighted by Gasteiger charge is 2.09. The Hall–Kier alpha value is -3.84. The fraction of sp³-hybridized carbons (Fsp3) is 0.115. The second kappa shape index (κ2) is 10.7. The first-order valence-corrected chi connectivity index (χ1v) is 11.3. The number of amides is 1. The van der Waals surface area contributed by atoms with Gasteiger partial charge in [0.1, 0.15) is 10.8 Å². The fourth-order valence-corrected chi connectivity index (χ4v) is 3.99. The molecule has 0 spiro atoms. The molecule has 33 heavy (non-hydrogen) atoms. The molecular formula is C26H23N3O3S. The Balaban J connectivity index is 1.42. The largest absolute Gasteiger partial charge is 0.497 e. The van der Waals surface area contributed by atoms with E-state index in [2.05, 4.69) is 10.4 Å². The molecule has 1 amide bonds. The molecule has 4 aromatic rings. The van der Waals surface area contributed by atoms with Crippen molar-refractivity contribution in [1.82, 2.24) is 15.1 Å². The molecule has 0 unspecified atom stereocenters. The van der Waals surface area contributed by atoms with Gasteiger partial charge in [-0.2, -0.15) is 9.78 Å². The number of hydrogen-bond donors (Lipinski definition) is 1. The Morgan fingerprint density at radius 1 is 0.939 bits per heavy atom. The van der Waals surface area contributed by atoms with Gasteiger partial charge in [0.15, 0.2) is 0 Å². The summed E-state index contributed by atoms with van der Waals surface area (Å²) in [6.45, 7) is 0.552. The van der Waals surface area contributed by atoms with Crippen LogP contribution in [0.15, 0.2) is 106 Å². The van der Waals surface area contributed by atoms with Crippen molar-refractivity contribution in [1.29, 1.82) is 0 Å². The molecule has 4 rings (SSSR count). The molecule has 0 aliphatic carbocycles. The maximum absolute atomic E-state index is 12.4. The number of hydrogen-bond acceptors (Lipinski definition) is 5. The second-order valence-electron chi connectivity index (χ2n) is 7.24. The molecule has 3 aromatic carbocycles. The van der Waals surface area contributed by atoms with E-state index in [9.17, 15) is 9.59 Å². The van der Waals surface area contributed by atoms with Crippen LogP contribution in [0, 0.1) is 0 Å². The zero-order valence-corrected chi connectivity index (χ0v) is 18.9. The van der Waals surface area contributed by atoms with Crippen LogP contribution >= 0.6 is 11.8 Å². The fourth-order valence-electron chi connectivity index (χ4n) is 3.22. The highest BCUT2D eigenvalue weighted by atomic mass is 32.2. The van der Waals surface area contributed by atoms with Gasteiger partial charge in [-0.25, -0.2) is 0 Å². The predicted molar refractivity (Wildman–Crippen MR) is 129 cm³/mol. The predicted octanol–water partition coefficient (Wildman–Crippen LogP) is 4.36. The highest BCUT2D eigenvalue weighted by Crippen LogP contribution is 2.27. The molecule has 1 heterocycles. The van der Waals surface area contributed by atoms with E-state index >= 15 is 0 Å². The molecule has 0 aliphatic rings. The molecule has 7 heteroatoms. The van der Waals surface area contributed by atoms with E-state index in [4.69, 9.17) is 4.74 Å². The molecule has 0 atom stereocenters. The van der Waals surface area contributed by atoms with E-state index in [0.717, 1.165) is 17.1 Å². The van der Waals surface area contributed by atoms with Gasteiger partial charge in [-0.1, -0.05) is 42.1 Å². The van der Waals surface area contributed by atoms with Crippen molar-refractivity contribution in [3.05, 3.63) is 112 Å². The zero-order chi connectivity index (χ0) is 23.0. The number of benzene rings is 3. The Labute approximate surface area is 196 Å². The van der Waals surface area contributed by atoms with Crippen molar-refractivity contribution < 1.29 is 9.53 Å². The van der Waals surface area contributed by atoms with Crippen LogP contribution in [0.25, 0.3) is 5.69 Å². The van der Waals surface area contributed by atoms with Crippen molar-refractivity contribution in [3.8, 4) is 11.4 Å². The highest BCUT2D eigenvalue weighted by molar-refractivity contribution is 7.99. The summed E-state index contributed by atoms with van der Waals surface area (Å²) in [5.41, 5.74) is 2.06. The molecule has 1 N–H and O–H groups in total. The van der Waals surface area contributed by atoms with E-state index in [1.165, 1.54) is 28.1 Å². The van der Waals surface area contributed by atoms with Gasteiger partial charge in [-0.3, -0.25) is 9.59 Å². The van der Waals surface area contributed by atoms with Gasteiger partial charge in [-0.15, -0.1) is 0 Å². The third-order valence-electron chi connectivity index (χ3n) is 4.97. The minimum Gasteiger partial charge on any atom is -0.497 e. The molecule has 6 nitrogen and oxygen atoms in total. The van der Waals surface area contributed by atoms with Crippen LogP contribution < -0.4 is 15.6 Å². The first-order chi connectivity index (χ1) is 16.1. The summed E-state index contributed by atoms with van der Waals surface area (Å²) >= 11 is 1.45. The average molecular weight is 458 g/mol. The molecule has 0 radical (unpaired) electrons. The first kappa shape index (κ1) is 22.4. The quantitative estimate of drug-likeness (QED) is 0.426. The summed E-state index contributed by atoms with van der Waals surface area (Å²) < 4.78 is 6.52. The Morgan fingerprint density at radius 3 is 2.36 bits per heavy atom. The Kier molecular flexibility index (Phi) is 7.22. The summed E-state index contributed by atoms with van der Waals surface area (Å²) in [5, 5.41) is 8.08. The first-order valence-electron chi connectivity index (χ1n) is 10.5. The summed E-state index contributed by atoms with van der Waals surface area (Å²) in [6.07, 6.45) is 0.766. The minimum absolute atomic E-state index is 0.151. The average Bonchev–Trinajstić information content (AvgIpc) is 2.86. The normalized spacial score (nSPS) is 10.6. The standard InChI is InChI=1S/C26H23N3O3S/c1-32-22-11-13-23(14-12-22)33-24-15-16-25(30)29(28-24)21-9-7-20(8-10-21)26(31)27-18-17-19-5-3-2-4-6-19/h2-16H,17-18H2,1H3,(H,27,31). The van der Waals surface area contributed by atoms with Gasteiger partial charge in [0.25, 0.3) is 11.5 Å². The topological polar surface area (TPSA) is 73.2 Å². The maximum atomic E-state index is 12.4. The van der Waals surface area contributed by atoms with Gasteiger partial charge >= 0.3 is 0 Å². The van der Waals surface area contributed by atoms with Gasteiger partial charge in [0, 0.05) is 23.1 Å². The number of ether oxygens (including phenoxy) is 1. The summed E-state index contributed by atoms with van der Waals surface area (Å²) in [6, 6.07) is 27.7. The number of nitrogens with one attached hydrogen (secondary N) is 1. The molecule has 0 bridgehead atoms. The third-order valence-corrected chi connectivity index (χ3v) is 5.91. The van der Waals surface area contributed by atoms with Crippen LogP contribution in [0.1, 0.15) is 15.9 Å². The van der Waals surface area contributed by atoms with Crippen molar-refractivity contribution >= 4 is 17.7 Å². The summed E-state index contributed by atoms with van der Waals surface area (Å²) in [4.78, 5) is 25.8. The van der Waals surface area contributed by atoms with Gasteiger partial charge < -0.3 is 10.1 Å². The number of rotatable bonds is 8. The summed E-state index contributed by atoms with van der Waals surface area (Å²) in [5.74, 6) is 0.628. The van der Waals surface area contributed by atoms with Gasteiger partial charge in [0.2, 0.25) is 0 Å². The molecule has 0 saturated carbocycles. The second-order valence-corrected chi connectivity index (χ2v) is 8.33. The van der Waals surface area contributed by atoms with Crippen molar-refractivity contribution in [2.24, 2.45) is 0 Å². The van der Waals surface area contributed by atoms with Crippen molar-refractivity contribution in [2.75, 3.05) is 13.7 Å². The molecule has 1 aromatic heterocycles. The maximum Gasteiger partial charge on any atom is 0.271 e. The van der Waals surface area contributed by atoms with Crippen LogP contribution in [0.2, 0.25) is 0 Å². The zero-order valence-electron chi connectivity index (χ0n) is 18.1. The SMILES string of the molecule is COc1ccc(Sc2ccc(=O)n(-c3ccc(C(=O)NCCc4ccccc4)cc3)n2)cc1. The number of carbonyl (C=O) groups is 1. The van der Waals surface area contributed by atoms with E-state index in [0.29, 0.717) is 22.8 Å². The number of methoxy groups -OCH3 is 1. The third kappa shape index (κ3) is 5.90. The molecular weight excluding hydrogens is 434 g/mol. The summed E-state index contributed by atoms with van der Waals surface area (Å²) in [7, 11) is 1.62. The van der Waals surface area contributed by atoms with Gasteiger partial charge in [-0.05, 0) is 66.6 Å². The number of nitrogens with zero attached hydrogens (tertiary/aromatic N) is 2. The van der Waals surface area contributed by atoms with E-state index in [1.807, 2.05) is 54.6 Å². The van der Waals surface area contributed by atoms with Crippen LogP contribution in [0.4, 0.5) is 0 Å². The van der Waals surface area contributed by atoms with E-state index in [1.54, 1.807) is 37.4 Å². The van der Waals surface area contributed by atoms with Crippen LogP contribution in [0.5, 0.6) is 5.75 Å². The lowest BCUT2D eigenvalue weighted by Gasteiger charge is -2.09. The monoisotopic (exact) mass is 457 g/mol. The molecule has 0 saturated heterocycles. The smallest absolute Gasteiger partial charge is 0.271 e. The lowest BCUT2D eigenvalue weighted by molar-refractivity contribution is 0.0954. The van der Waals surface area contributed by atoms with E-state index < -0.39 is 0 Å². The van der Waals surface area contributed by atoms with Crippen LogP contribution in [-0.2, 0) is 6.42 Å². The van der Waals surface area contributed by atoms with E-state index in [-0.39, 0.29) is 11.5 Å². The lowest BCUT2D eigenvalue weighted by Crippen LogP contribution is -2.26. The van der Waals surface area contributed by atoms with Crippen LogP contribution in [0.3, 0.4) is 0 Å². The van der Waals surface area contributed by atoms with Crippen molar-refractivity contribution in [3.63, 3.8) is 0 Å². The lowest BCUT2D eigenvalue weighted by atomic mass is 10.1. The minimum atomic E-state index is -0.242.